The van der Waals surface area contributed by atoms with Gasteiger partial charge < -0.3 is 4.90 Å². The van der Waals surface area contributed by atoms with Crippen LogP contribution in [0.2, 0.25) is 0 Å². The van der Waals surface area contributed by atoms with E-state index in [4.69, 9.17) is 0 Å². The number of carbonyl (C=O) groups is 1. The van der Waals surface area contributed by atoms with Crippen molar-refractivity contribution in [3.63, 3.8) is 0 Å². The minimum absolute atomic E-state index is 0.0701. The highest BCUT2D eigenvalue weighted by atomic mass is 79.9. The van der Waals surface area contributed by atoms with Gasteiger partial charge in [-0.1, -0.05) is 82.7 Å². The monoisotopic (exact) mass is 379 g/mol. The molecular weight excluding hydrogens is 362 g/mol. The second kappa shape index (κ2) is 7.45. The number of hydrogen-bond acceptors (Lipinski definition) is 1. The molecule has 0 bridgehead atoms. The van der Waals surface area contributed by atoms with E-state index < -0.39 is 0 Å². The van der Waals surface area contributed by atoms with Gasteiger partial charge in [0.05, 0.1) is 12.1 Å². The van der Waals surface area contributed by atoms with E-state index in [0.717, 1.165) is 26.9 Å². The summed E-state index contributed by atoms with van der Waals surface area (Å²) in [6.45, 7) is 0. The van der Waals surface area contributed by atoms with Crippen LogP contribution in [0.1, 0.15) is 5.56 Å². The first-order valence-corrected chi connectivity index (χ1v) is 8.60. The minimum atomic E-state index is 0.0701. The number of anilines is 1. The Kier molecular flexibility index (Phi) is 5.11. The number of likely N-dealkylation sites (N-methyl/N-ethyl adjacent to an activating group) is 1. The van der Waals surface area contributed by atoms with E-state index in [-0.39, 0.29) is 5.91 Å². The van der Waals surface area contributed by atoms with E-state index in [0.29, 0.717) is 6.42 Å². The Labute approximate surface area is 150 Å². The van der Waals surface area contributed by atoms with Crippen molar-refractivity contribution in [3.05, 3.63) is 88.9 Å². The maximum Gasteiger partial charge on any atom is 0.231 e. The predicted molar refractivity (Wildman–Crippen MR) is 103 cm³/mol. The highest BCUT2D eigenvalue weighted by molar-refractivity contribution is 9.10. The Morgan fingerprint density at radius 1 is 0.833 bits per heavy atom. The van der Waals surface area contributed by atoms with Gasteiger partial charge in [0.15, 0.2) is 0 Å². The fraction of sp³-hybridized carbons (Fsp3) is 0.0952. The van der Waals surface area contributed by atoms with Gasteiger partial charge >= 0.3 is 0 Å². The maximum absolute atomic E-state index is 12.7. The smallest absolute Gasteiger partial charge is 0.231 e. The number of carbonyl (C=O) groups excluding carboxylic acids is 1. The van der Waals surface area contributed by atoms with Crippen molar-refractivity contribution in [1.29, 1.82) is 0 Å². The van der Waals surface area contributed by atoms with Crippen LogP contribution in [0.4, 0.5) is 5.69 Å². The molecule has 24 heavy (non-hydrogen) atoms. The van der Waals surface area contributed by atoms with Crippen molar-refractivity contribution < 1.29 is 4.79 Å². The van der Waals surface area contributed by atoms with Crippen molar-refractivity contribution in [1.82, 2.24) is 0 Å². The molecule has 1 amide bonds. The number of halogens is 1. The topological polar surface area (TPSA) is 20.3 Å². The average Bonchev–Trinajstić information content (AvgIpc) is 2.62. The normalized spacial score (nSPS) is 10.4. The number of nitrogens with zero attached hydrogens (tertiary/aromatic N) is 1. The zero-order valence-corrected chi connectivity index (χ0v) is 15.0. The van der Waals surface area contributed by atoms with Crippen molar-refractivity contribution >= 4 is 27.5 Å². The molecule has 0 N–H and O–H groups in total. The molecule has 0 saturated heterocycles. The summed E-state index contributed by atoms with van der Waals surface area (Å²) in [4.78, 5) is 14.4. The Morgan fingerprint density at radius 3 is 2.12 bits per heavy atom. The van der Waals surface area contributed by atoms with Gasteiger partial charge in [-0.3, -0.25) is 4.79 Å². The molecule has 3 aromatic rings. The summed E-state index contributed by atoms with van der Waals surface area (Å²) in [5.74, 6) is 0.0701. The molecule has 0 fully saturated rings. The lowest BCUT2D eigenvalue weighted by molar-refractivity contribution is -0.117. The molecule has 3 heteroatoms. The van der Waals surface area contributed by atoms with Crippen molar-refractivity contribution in [2.24, 2.45) is 0 Å². The van der Waals surface area contributed by atoms with Crippen LogP contribution in [-0.4, -0.2) is 13.0 Å². The van der Waals surface area contributed by atoms with E-state index in [1.165, 1.54) is 0 Å². The highest BCUT2D eigenvalue weighted by Crippen LogP contribution is 2.35. The Bertz CT molecular complexity index is 845. The number of para-hydroxylation sites is 1. The van der Waals surface area contributed by atoms with Crippen LogP contribution in [0, 0.1) is 0 Å². The summed E-state index contributed by atoms with van der Waals surface area (Å²) < 4.78 is 1.02. The number of hydrogen-bond donors (Lipinski definition) is 0. The van der Waals surface area contributed by atoms with Gasteiger partial charge in [0, 0.05) is 17.1 Å². The van der Waals surface area contributed by atoms with E-state index in [1.807, 2.05) is 79.8 Å². The lowest BCUT2D eigenvalue weighted by Gasteiger charge is -2.21. The van der Waals surface area contributed by atoms with Gasteiger partial charge in [-0.15, -0.1) is 0 Å². The summed E-state index contributed by atoms with van der Waals surface area (Å²) in [5, 5.41) is 0. The van der Waals surface area contributed by atoms with Gasteiger partial charge in [0.25, 0.3) is 0 Å². The summed E-state index contributed by atoms with van der Waals surface area (Å²) in [6.07, 6.45) is 0.391. The summed E-state index contributed by atoms with van der Waals surface area (Å²) in [6, 6.07) is 25.9. The molecule has 0 radical (unpaired) electrons. The second-order valence-corrected chi connectivity index (χ2v) is 6.47. The third kappa shape index (κ3) is 3.57. The predicted octanol–water partition coefficient (Wildman–Crippen LogP) is 5.32. The third-order valence-corrected chi connectivity index (χ3v) is 4.69. The van der Waals surface area contributed by atoms with Crippen LogP contribution < -0.4 is 4.90 Å². The molecule has 0 aliphatic rings. The zero-order chi connectivity index (χ0) is 16.9. The summed E-state index contributed by atoms with van der Waals surface area (Å²) in [5.41, 5.74) is 4.04. The maximum atomic E-state index is 12.7. The van der Waals surface area contributed by atoms with Gasteiger partial charge in [0.2, 0.25) is 5.91 Å². The second-order valence-electron chi connectivity index (χ2n) is 5.61. The molecule has 0 aromatic heterocycles. The van der Waals surface area contributed by atoms with Gasteiger partial charge in [0.1, 0.15) is 0 Å². The molecule has 0 spiro atoms. The molecule has 3 aromatic carbocycles. The van der Waals surface area contributed by atoms with Crippen molar-refractivity contribution in [2.75, 3.05) is 11.9 Å². The first-order chi connectivity index (χ1) is 11.7. The highest BCUT2D eigenvalue weighted by Gasteiger charge is 2.16. The molecule has 0 unspecified atom stereocenters. The first-order valence-electron chi connectivity index (χ1n) is 7.81. The van der Waals surface area contributed by atoms with Crippen LogP contribution in [0.5, 0.6) is 0 Å². The summed E-state index contributed by atoms with van der Waals surface area (Å²) >= 11 is 3.60. The minimum Gasteiger partial charge on any atom is -0.315 e. The van der Waals surface area contributed by atoms with Gasteiger partial charge in [-0.25, -0.2) is 0 Å². The number of benzene rings is 3. The van der Waals surface area contributed by atoms with E-state index in [1.54, 1.807) is 4.90 Å². The lowest BCUT2D eigenvalue weighted by Crippen LogP contribution is -2.28. The van der Waals surface area contributed by atoms with Crippen LogP contribution in [0.25, 0.3) is 11.1 Å². The van der Waals surface area contributed by atoms with Crippen LogP contribution >= 0.6 is 15.9 Å². The largest absolute Gasteiger partial charge is 0.315 e. The Hall–Kier alpha value is -2.39. The SMILES string of the molecule is CN(C(=O)Cc1ccccc1)c1ccccc1-c1ccccc1Br. The van der Waals surface area contributed by atoms with Crippen LogP contribution in [0.3, 0.4) is 0 Å². The van der Waals surface area contributed by atoms with Gasteiger partial charge in [-0.05, 0) is 23.3 Å². The van der Waals surface area contributed by atoms with Crippen molar-refractivity contribution in [2.45, 2.75) is 6.42 Å². The molecule has 0 aliphatic carbocycles. The molecule has 120 valence electrons. The van der Waals surface area contributed by atoms with E-state index >= 15 is 0 Å². The van der Waals surface area contributed by atoms with E-state index in [9.17, 15) is 4.79 Å². The van der Waals surface area contributed by atoms with Crippen LogP contribution in [0.15, 0.2) is 83.3 Å². The Balaban J connectivity index is 1.92. The Morgan fingerprint density at radius 2 is 1.42 bits per heavy atom. The molecule has 0 aliphatic heterocycles. The van der Waals surface area contributed by atoms with Crippen LogP contribution in [-0.2, 0) is 11.2 Å². The average molecular weight is 380 g/mol. The molecule has 0 saturated carbocycles. The van der Waals surface area contributed by atoms with E-state index in [2.05, 4.69) is 22.0 Å². The third-order valence-electron chi connectivity index (χ3n) is 4.00. The number of rotatable bonds is 4. The molecule has 0 heterocycles. The first kappa shape index (κ1) is 16.5. The zero-order valence-electron chi connectivity index (χ0n) is 13.4. The molecule has 2 nitrogen and oxygen atoms in total. The quantitative estimate of drug-likeness (QED) is 0.600. The summed E-state index contributed by atoms with van der Waals surface area (Å²) in [7, 11) is 1.83. The number of amides is 1. The fourth-order valence-electron chi connectivity index (χ4n) is 2.70. The fourth-order valence-corrected chi connectivity index (χ4v) is 3.20. The standard InChI is InChI=1S/C21H18BrNO/c1-23(21(24)15-16-9-3-2-4-10-16)20-14-8-6-12-18(20)17-11-5-7-13-19(17)22/h2-14H,15H2,1H3. The van der Waals surface area contributed by atoms with Gasteiger partial charge in [-0.2, -0.15) is 0 Å². The molecule has 0 atom stereocenters. The van der Waals surface area contributed by atoms with Crippen molar-refractivity contribution in [3.8, 4) is 11.1 Å². The molecular formula is C21H18BrNO. The lowest BCUT2D eigenvalue weighted by atomic mass is 10.0. The molecule has 3 rings (SSSR count).